The minimum atomic E-state index is -0.191. The van der Waals surface area contributed by atoms with Crippen LogP contribution >= 0.6 is 0 Å². The Bertz CT molecular complexity index is 775. The lowest BCUT2D eigenvalue weighted by Gasteiger charge is -2.30. The molecular formula is C22H26N2O3. The van der Waals surface area contributed by atoms with E-state index in [0.29, 0.717) is 25.4 Å². The van der Waals surface area contributed by atoms with Crippen LogP contribution in [-0.4, -0.2) is 47.9 Å². The highest BCUT2D eigenvalue weighted by Crippen LogP contribution is 2.24. The molecule has 0 bridgehead atoms. The molecule has 1 fully saturated rings. The number of hydrogen-bond acceptors (Lipinski definition) is 3. The number of benzene rings is 2. The van der Waals surface area contributed by atoms with Gasteiger partial charge in [0, 0.05) is 19.6 Å². The topological polar surface area (TPSA) is 49.9 Å². The average molecular weight is 366 g/mol. The molecule has 0 atom stereocenters. The van der Waals surface area contributed by atoms with E-state index in [1.165, 1.54) is 0 Å². The van der Waals surface area contributed by atoms with Gasteiger partial charge in [-0.3, -0.25) is 9.59 Å². The minimum Gasteiger partial charge on any atom is -0.484 e. The highest BCUT2D eigenvalue weighted by molar-refractivity contribution is 5.86. The molecule has 0 aliphatic carbocycles. The third kappa shape index (κ3) is 5.33. The van der Waals surface area contributed by atoms with Crippen molar-refractivity contribution in [2.75, 3.05) is 26.2 Å². The molecule has 2 aromatic rings. The number of carbonyl (C=O) groups is 2. The van der Waals surface area contributed by atoms with E-state index in [-0.39, 0.29) is 30.4 Å². The fourth-order valence-electron chi connectivity index (χ4n) is 3.37. The van der Waals surface area contributed by atoms with E-state index in [9.17, 15) is 9.59 Å². The molecular weight excluding hydrogens is 340 g/mol. The van der Waals surface area contributed by atoms with E-state index in [2.05, 4.69) is 13.8 Å². The molecule has 1 heterocycles. The highest BCUT2D eigenvalue weighted by Gasteiger charge is 2.34. The van der Waals surface area contributed by atoms with Gasteiger partial charge in [0.2, 0.25) is 5.91 Å². The zero-order valence-corrected chi connectivity index (χ0v) is 15.9. The summed E-state index contributed by atoms with van der Waals surface area (Å²) in [6, 6.07) is 19.2. The fraction of sp³-hybridized carbons (Fsp3) is 0.364. The molecule has 1 saturated heterocycles. The Labute approximate surface area is 160 Å². The van der Waals surface area contributed by atoms with Crippen molar-refractivity contribution < 1.29 is 14.3 Å². The van der Waals surface area contributed by atoms with Crippen molar-refractivity contribution in [2.24, 2.45) is 5.41 Å². The second-order valence-electron chi connectivity index (χ2n) is 7.75. The molecule has 142 valence electrons. The standard InChI is InChI=1S/C22H26N2O3/c1-22(2)16-23(13-18-9-5-3-6-10-18)20(25)14-24(17-22)21(26)15-27-19-11-7-4-8-12-19/h3-12H,13-17H2,1-2H3. The zero-order chi connectivity index (χ0) is 19.3. The first-order valence-electron chi connectivity index (χ1n) is 9.20. The number of nitrogens with zero attached hydrogens (tertiary/aromatic N) is 2. The van der Waals surface area contributed by atoms with Crippen LogP contribution in [0.5, 0.6) is 5.75 Å². The number of amides is 2. The smallest absolute Gasteiger partial charge is 0.260 e. The van der Waals surface area contributed by atoms with Crippen LogP contribution in [0.2, 0.25) is 0 Å². The zero-order valence-electron chi connectivity index (χ0n) is 15.9. The molecule has 27 heavy (non-hydrogen) atoms. The van der Waals surface area contributed by atoms with Crippen molar-refractivity contribution in [1.29, 1.82) is 0 Å². The summed E-state index contributed by atoms with van der Waals surface area (Å²) in [6.45, 7) is 5.90. The molecule has 5 heteroatoms. The van der Waals surface area contributed by atoms with Crippen molar-refractivity contribution in [1.82, 2.24) is 9.80 Å². The Kier molecular flexibility index (Phi) is 5.79. The highest BCUT2D eigenvalue weighted by atomic mass is 16.5. The fourth-order valence-corrected chi connectivity index (χ4v) is 3.37. The summed E-state index contributed by atoms with van der Waals surface area (Å²) in [5, 5.41) is 0. The lowest BCUT2D eigenvalue weighted by molar-refractivity contribution is -0.140. The number of rotatable bonds is 5. The van der Waals surface area contributed by atoms with E-state index in [4.69, 9.17) is 4.74 Å². The van der Waals surface area contributed by atoms with Crippen LogP contribution in [0.4, 0.5) is 0 Å². The Morgan fingerprint density at radius 1 is 1.00 bits per heavy atom. The Hall–Kier alpha value is -2.82. The van der Waals surface area contributed by atoms with E-state index in [1.807, 2.05) is 65.6 Å². The van der Waals surface area contributed by atoms with Gasteiger partial charge in [0.05, 0.1) is 6.54 Å². The van der Waals surface area contributed by atoms with Crippen molar-refractivity contribution >= 4 is 11.8 Å². The summed E-state index contributed by atoms with van der Waals surface area (Å²) in [6.07, 6.45) is 0. The van der Waals surface area contributed by atoms with Gasteiger partial charge < -0.3 is 14.5 Å². The van der Waals surface area contributed by atoms with Gasteiger partial charge in [0.15, 0.2) is 6.61 Å². The van der Waals surface area contributed by atoms with Crippen molar-refractivity contribution in [3.05, 3.63) is 66.2 Å². The van der Waals surface area contributed by atoms with Crippen molar-refractivity contribution in [3.63, 3.8) is 0 Å². The van der Waals surface area contributed by atoms with E-state index in [1.54, 1.807) is 4.90 Å². The van der Waals surface area contributed by atoms with Gasteiger partial charge in [-0.25, -0.2) is 0 Å². The third-order valence-electron chi connectivity index (χ3n) is 4.59. The second kappa shape index (κ2) is 8.25. The molecule has 2 amide bonds. The van der Waals surface area contributed by atoms with Gasteiger partial charge in [0.1, 0.15) is 5.75 Å². The van der Waals surface area contributed by atoms with Crippen LogP contribution < -0.4 is 4.74 Å². The number of carbonyl (C=O) groups excluding carboxylic acids is 2. The summed E-state index contributed by atoms with van der Waals surface area (Å²) in [5.41, 5.74) is 0.900. The predicted molar refractivity (Wildman–Crippen MR) is 104 cm³/mol. The second-order valence-corrected chi connectivity index (χ2v) is 7.75. The normalized spacial score (nSPS) is 16.7. The van der Waals surface area contributed by atoms with Gasteiger partial charge in [-0.15, -0.1) is 0 Å². The van der Waals surface area contributed by atoms with E-state index >= 15 is 0 Å². The number of para-hydroxylation sites is 1. The summed E-state index contributed by atoms with van der Waals surface area (Å²) in [7, 11) is 0. The quantitative estimate of drug-likeness (QED) is 0.817. The first-order valence-corrected chi connectivity index (χ1v) is 9.20. The maximum Gasteiger partial charge on any atom is 0.260 e. The largest absolute Gasteiger partial charge is 0.484 e. The Morgan fingerprint density at radius 2 is 1.63 bits per heavy atom. The predicted octanol–water partition coefficient (Wildman–Crippen LogP) is 2.96. The summed E-state index contributed by atoms with van der Waals surface area (Å²) in [5.74, 6) is 0.455. The molecule has 3 rings (SSSR count). The van der Waals surface area contributed by atoms with Crippen LogP contribution in [-0.2, 0) is 16.1 Å². The maximum absolute atomic E-state index is 12.8. The molecule has 0 radical (unpaired) electrons. The average Bonchev–Trinajstić information content (AvgIpc) is 2.77. The number of ether oxygens (including phenoxy) is 1. The van der Waals surface area contributed by atoms with Gasteiger partial charge in [0.25, 0.3) is 5.91 Å². The van der Waals surface area contributed by atoms with Crippen LogP contribution in [0.25, 0.3) is 0 Å². The van der Waals surface area contributed by atoms with Gasteiger partial charge in [-0.05, 0) is 23.1 Å². The van der Waals surface area contributed by atoms with Crippen molar-refractivity contribution in [2.45, 2.75) is 20.4 Å². The molecule has 0 aromatic heterocycles. The maximum atomic E-state index is 12.8. The molecule has 1 aliphatic rings. The molecule has 5 nitrogen and oxygen atoms in total. The van der Waals surface area contributed by atoms with Gasteiger partial charge >= 0.3 is 0 Å². The molecule has 1 aliphatic heterocycles. The SMILES string of the molecule is CC1(C)CN(C(=O)COc2ccccc2)CC(=O)N(Cc2ccccc2)C1. The Balaban J connectivity index is 1.65. The summed E-state index contributed by atoms with van der Waals surface area (Å²) in [4.78, 5) is 28.9. The summed E-state index contributed by atoms with van der Waals surface area (Å²) < 4.78 is 5.57. The molecule has 2 aromatic carbocycles. The first kappa shape index (κ1) is 19.0. The molecule has 0 saturated carbocycles. The minimum absolute atomic E-state index is 0.0301. The molecule has 0 N–H and O–H groups in total. The van der Waals surface area contributed by atoms with Crippen LogP contribution in [0, 0.1) is 5.41 Å². The first-order chi connectivity index (χ1) is 12.9. The summed E-state index contributed by atoms with van der Waals surface area (Å²) >= 11 is 0. The third-order valence-corrected chi connectivity index (χ3v) is 4.59. The van der Waals surface area contributed by atoms with Crippen molar-refractivity contribution in [3.8, 4) is 5.75 Å². The molecule has 0 unspecified atom stereocenters. The van der Waals surface area contributed by atoms with Gasteiger partial charge in [-0.1, -0.05) is 62.4 Å². The lowest BCUT2D eigenvalue weighted by atomic mass is 9.92. The van der Waals surface area contributed by atoms with E-state index < -0.39 is 0 Å². The lowest BCUT2D eigenvalue weighted by Crippen LogP contribution is -2.42. The Morgan fingerprint density at radius 3 is 2.30 bits per heavy atom. The van der Waals surface area contributed by atoms with Crippen LogP contribution in [0.3, 0.4) is 0 Å². The number of hydrogen-bond donors (Lipinski definition) is 0. The molecule has 0 spiro atoms. The van der Waals surface area contributed by atoms with Crippen LogP contribution in [0.1, 0.15) is 19.4 Å². The monoisotopic (exact) mass is 366 g/mol. The van der Waals surface area contributed by atoms with Crippen LogP contribution in [0.15, 0.2) is 60.7 Å². The van der Waals surface area contributed by atoms with E-state index in [0.717, 1.165) is 5.56 Å². The van der Waals surface area contributed by atoms with Gasteiger partial charge in [-0.2, -0.15) is 0 Å².